The normalized spacial score (nSPS) is 10.8. The third kappa shape index (κ3) is 3.10. The molecule has 0 saturated heterocycles. The van der Waals surface area contributed by atoms with Crippen LogP contribution in [0.15, 0.2) is 71.8 Å². The van der Waals surface area contributed by atoms with Gasteiger partial charge in [-0.1, -0.05) is 24.3 Å². The quantitative estimate of drug-likeness (QED) is 0.592. The predicted octanol–water partition coefficient (Wildman–Crippen LogP) is 2.04. The van der Waals surface area contributed by atoms with Crippen LogP contribution in [0, 0.1) is 0 Å². The first-order chi connectivity index (χ1) is 12.7. The number of rotatable bonds is 4. The minimum absolute atomic E-state index is 0.202. The van der Waals surface area contributed by atoms with Gasteiger partial charge in [-0.05, 0) is 29.8 Å². The standard InChI is InChI=1S/C19H15N5O2/c25-18-11-13(14-5-1-2-6-15(14)23-18)12-20-19(26)16-7-3-8-17(22-16)24-10-4-9-21-24/h1-11H,12H2,(H,20,26)(H,23,25). The van der Waals surface area contributed by atoms with Crippen LogP contribution in [0.2, 0.25) is 0 Å². The molecule has 128 valence electrons. The van der Waals surface area contributed by atoms with Crippen molar-refractivity contribution < 1.29 is 4.79 Å². The summed E-state index contributed by atoms with van der Waals surface area (Å²) in [6, 6.07) is 15.9. The van der Waals surface area contributed by atoms with Crippen LogP contribution in [0.25, 0.3) is 16.7 Å². The Morgan fingerprint density at radius 1 is 1.12 bits per heavy atom. The van der Waals surface area contributed by atoms with Gasteiger partial charge in [0.1, 0.15) is 5.69 Å². The highest BCUT2D eigenvalue weighted by Crippen LogP contribution is 2.14. The fourth-order valence-corrected chi connectivity index (χ4v) is 2.77. The van der Waals surface area contributed by atoms with Crippen molar-refractivity contribution in [3.05, 3.63) is 88.6 Å². The lowest BCUT2D eigenvalue weighted by molar-refractivity contribution is 0.0946. The average Bonchev–Trinajstić information content (AvgIpc) is 3.20. The Hall–Kier alpha value is -3.74. The second kappa shape index (κ2) is 6.64. The fraction of sp³-hybridized carbons (Fsp3) is 0.0526. The number of amides is 1. The largest absolute Gasteiger partial charge is 0.347 e. The van der Waals surface area contributed by atoms with Crippen LogP contribution in [0.5, 0.6) is 0 Å². The van der Waals surface area contributed by atoms with Gasteiger partial charge in [-0.15, -0.1) is 0 Å². The summed E-state index contributed by atoms with van der Waals surface area (Å²) in [5.41, 5.74) is 1.57. The van der Waals surface area contributed by atoms with Gasteiger partial charge in [-0.25, -0.2) is 9.67 Å². The average molecular weight is 345 g/mol. The number of H-pyrrole nitrogens is 1. The molecule has 0 aliphatic heterocycles. The van der Waals surface area contributed by atoms with Gasteiger partial charge in [0, 0.05) is 35.9 Å². The number of carbonyl (C=O) groups is 1. The number of fused-ring (bicyclic) bond motifs is 1. The van der Waals surface area contributed by atoms with E-state index >= 15 is 0 Å². The first-order valence-electron chi connectivity index (χ1n) is 8.07. The lowest BCUT2D eigenvalue weighted by Crippen LogP contribution is -2.25. The van der Waals surface area contributed by atoms with Gasteiger partial charge >= 0.3 is 0 Å². The van der Waals surface area contributed by atoms with Crippen LogP contribution in [0.3, 0.4) is 0 Å². The molecule has 7 heteroatoms. The van der Waals surface area contributed by atoms with Gasteiger partial charge in [-0.3, -0.25) is 9.59 Å². The van der Waals surface area contributed by atoms with E-state index in [2.05, 4.69) is 20.4 Å². The van der Waals surface area contributed by atoms with Gasteiger partial charge in [0.15, 0.2) is 5.82 Å². The molecule has 3 heterocycles. The van der Waals surface area contributed by atoms with Crippen molar-refractivity contribution in [1.29, 1.82) is 0 Å². The first kappa shape index (κ1) is 15.8. The van der Waals surface area contributed by atoms with E-state index in [9.17, 15) is 9.59 Å². The lowest BCUT2D eigenvalue weighted by atomic mass is 10.1. The van der Waals surface area contributed by atoms with E-state index in [4.69, 9.17) is 0 Å². The molecule has 0 bridgehead atoms. The molecule has 0 radical (unpaired) electrons. The maximum absolute atomic E-state index is 12.5. The third-order valence-electron chi connectivity index (χ3n) is 3.98. The number of pyridine rings is 2. The number of aromatic amines is 1. The Kier molecular flexibility index (Phi) is 4.03. The fourth-order valence-electron chi connectivity index (χ4n) is 2.77. The van der Waals surface area contributed by atoms with Crippen molar-refractivity contribution in [2.24, 2.45) is 0 Å². The van der Waals surface area contributed by atoms with Crippen molar-refractivity contribution in [2.75, 3.05) is 0 Å². The number of hydrogen-bond donors (Lipinski definition) is 2. The third-order valence-corrected chi connectivity index (χ3v) is 3.98. The number of nitrogens with zero attached hydrogens (tertiary/aromatic N) is 3. The molecule has 0 fully saturated rings. The summed E-state index contributed by atoms with van der Waals surface area (Å²) >= 11 is 0. The van der Waals surface area contributed by atoms with Gasteiger partial charge < -0.3 is 10.3 Å². The Bertz CT molecular complexity index is 1130. The van der Waals surface area contributed by atoms with Gasteiger partial charge in [0.2, 0.25) is 5.56 Å². The van der Waals surface area contributed by atoms with Crippen LogP contribution in [0.1, 0.15) is 16.1 Å². The minimum atomic E-state index is -0.316. The van der Waals surface area contributed by atoms with E-state index in [-0.39, 0.29) is 23.7 Å². The minimum Gasteiger partial charge on any atom is -0.347 e. The summed E-state index contributed by atoms with van der Waals surface area (Å²) in [7, 11) is 0. The molecule has 0 aliphatic carbocycles. The summed E-state index contributed by atoms with van der Waals surface area (Å²) in [6.07, 6.45) is 3.40. The number of para-hydroxylation sites is 1. The molecule has 4 rings (SSSR count). The molecular weight excluding hydrogens is 330 g/mol. The Labute approximate surface area is 148 Å². The van der Waals surface area contributed by atoms with Crippen molar-refractivity contribution >= 4 is 16.8 Å². The predicted molar refractivity (Wildman–Crippen MR) is 97.1 cm³/mol. The van der Waals surface area contributed by atoms with Crippen LogP contribution < -0.4 is 10.9 Å². The van der Waals surface area contributed by atoms with Crippen molar-refractivity contribution in [1.82, 2.24) is 25.1 Å². The highest BCUT2D eigenvalue weighted by atomic mass is 16.2. The second-order valence-electron chi connectivity index (χ2n) is 5.72. The van der Waals surface area contributed by atoms with E-state index in [0.717, 1.165) is 16.5 Å². The molecule has 3 aromatic heterocycles. The molecule has 0 atom stereocenters. The molecule has 26 heavy (non-hydrogen) atoms. The van der Waals surface area contributed by atoms with E-state index in [1.807, 2.05) is 24.3 Å². The zero-order valence-corrected chi connectivity index (χ0v) is 13.7. The van der Waals surface area contributed by atoms with Gasteiger partial charge in [0.05, 0.1) is 0 Å². The summed E-state index contributed by atoms with van der Waals surface area (Å²) in [4.78, 5) is 31.4. The monoisotopic (exact) mass is 345 g/mol. The molecule has 0 aliphatic rings. The highest BCUT2D eigenvalue weighted by Gasteiger charge is 2.10. The first-order valence-corrected chi connectivity index (χ1v) is 8.07. The maximum Gasteiger partial charge on any atom is 0.270 e. The summed E-state index contributed by atoms with van der Waals surface area (Å²) in [5.74, 6) is 0.243. The van der Waals surface area contributed by atoms with Crippen LogP contribution >= 0.6 is 0 Å². The molecule has 0 saturated carbocycles. The zero-order valence-electron chi connectivity index (χ0n) is 13.7. The maximum atomic E-state index is 12.5. The summed E-state index contributed by atoms with van der Waals surface area (Å²) in [5, 5.41) is 7.83. The van der Waals surface area contributed by atoms with E-state index in [1.165, 1.54) is 6.07 Å². The zero-order chi connectivity index (χ0) is 17.9. The van der Waals surface area contributed by atoms with Crippen molar-refractivity contribution in [3.63, 3.8) is 0 Å². The van der Waals surface area contributed by atoms with Crippen LogP contribution in [-0.4, -0.2) is 25.7 Å². The van der Waals surface area contributed by atoms with Gasteiger partial charge in [-0.2, -0.15) is 5.10 Å². The topological polar surface area (TPSA) is 92.7 Å². The number of hydrogen-bond acceptors (Lipinski definition) is 4. The Morgan fingerprint density at radius 3 is 2.85 bits per heavy atom. The molecule has 4 aromatic rings. The number of aromatic nitrogens is 4. The smallest absolute Gasteiger partial charge is 0.270 e. The molecule has 1 amide bonds. The highest BCUT2D eigenvalue weighted by molar-refractivity contribution is 5.92. The number of carbonyl (C=O) groups excluding carboxylic acids is 1. The molecular formula is C19H15N5O2. The van der Waals surface area contributed by atoms with E-state index < -0.39 is 0 Å². The number of benzene rings is 1. The van der Waals surface area contributed by atoms with E-state index in [1.54, 1.807) is 41.3 Å². The Morgan fingerprint density at radius 2 is 2.00 bits per heavy atom. The van der Waals surface area contributed by atoms with Gasteiger partial charge in [0.25, 0.3) is 5.91 Å². The molecule has 0 unspecified atom stereocenters. The molecule has 1 aromatic carbocycles. The lowest BCUT2D eigenvalue weighted by Gasteiger charge is -2.09. The van der Waals surface area contributed by atoms with Crippen molar-refractivity contribution in [2.45, 2.75) is 6.54 Å². The van der Waals surface area contributed by atoms with Crippen LogP contribution in [-0.2, 0) is 6.54 Å². The Balaban J connectivity index is 1.57. The summed E-state index contributed by atoms with van der Waals surface area (Å²) in [6.45, 7) is 0.233. The van der Waals surface area contributed by atoms with Crippen molar-refractivity contribution in [3.8, 4) is 5.82 Å². The SMILES string of the molecule is O=C(NCc1cc(=O)[nH]c2ccccc12)c1cccc(-n2cccn2)n1. The van der Waals surface area contributed by atoms with Crippen LogP contribution in [0.4, 0.5) is 0 Å². The second-order valence-corrected chi connectivity index (χ2v) is 5.72. The summed E-state index contributed by atoms with van der Waals surface area (Å²) < 4.78 is 1.58. The molecule has 7 nitrogen and oxygen atoms in total. The molecule has 2 N–H and O–H groups in total. The molecule has 0 spiro atoms. The van der Waals surface area contributed by atoms with E-state index in [0.29, 0.717) is 5.82 Å². The number of nitrogens with one attached hydrogen (secondary N) is 2.